The van der Waals surface area contributed by atoms with Crippen LogP contribution < -0.4 is 9.54 Å². The summed E-state index contributed by atoms with van der Waals surface area (Å²) in [6.45, 7) is 1.03. The van der Waals surface area contributed by atoms with E-state index in [9.17, 15) is 13.2 Å². The fourth-order valence-electron chi connectivity index (χ4n) is 2.79. The second-order valence-corrected chi connectivity index (χ2v) is 9.36. The molecule has 29 heavy (non-hydrogen) atoms. The molecule has 0 saturated carbocycles. The van der Waals surface area contributed by atoms with E-state index in [1.54, 1.807) is 19.2 Å². The Morgan fingerprint density at radius 3 is 2.52 bits per heavy atom. The zero-order chi connectivity index (χ0) is 20.9. The van der Waals surface area contributed by atoms with Crippen molar-refractivity contribution >= 4 is 37.3 Å². The number of sulfone groups is 1. The van der Waals surface area contributed by atoms with Crippen LogP contribution in [-0.2, 0) is 25.9 Å². The number of ether oxygens (including phenoxy) is 2. The fourth-order valence-corrected chi connectivity index (χ4v) is 5.09. The molecule has 3 rings (SSSR count). The summed E-state index contributed by atoms with van der Waals surface area (Å²) < 4.78 is 38.1. The molecular weight excluding hydrogens is 412 g/mol. The van der Waals surface area contributed by atoms with Crippen molar-refractivity contribution in [1.82, 2.24) is 4.57 Å². The van der Waals surface area contributed by atoms with E-state index < -0.39 is 15.7 Å². The lowest BCUT2D eigenvalue weighted by atomic mass is 10.3. The lowest BCUT2D eigenvalue weighted by molar-refractivity contribution is -0.117. The molecule has 0 bridgehead atoms. The number of rotatable bonds is 8. The predicted octanol–water partition coefficient (Wildman–Crippen LogP) is 2.65. The number of nitrogens with zero attached hydrogens (tertiary/aromatic N) is 2. The predicted molar refractivity (Wildman–Crippen MR) is 112 cm³/mol. The van der Waals surface area contributed by atoms with Crippen molar-refractivity contribution < 1.29 is 22.7 Å². The molecule has 2 aromatic carbocycles. The van der Waals surface area contributed by atoms with Crippen LogP contribution in [0.2, 0.25) is 0 Å². The first-order chi connectivity index (χ1) is 13.9. The number of hydrogen-bond donors (Lipinski definition) is 0. The van der Waals surface area contributed by atoms with Crippen LogP contribution in [0.3, 0.4) is 0 Å². The highest BCUT2D eigenvalue weighted by Gasteiger charge is 2.17. The quantitative estimate of drug-likeness (QED) is 0.544. The number of fused-ring (bicyclic) bond motifs is 1. The van der Waals surface area contributed by atoms with Crippen LogP contribution in [-0.4, -0.2) is 45.5 Å². The Morgan fingerprint density at radius 2 is 1.83 bits per heavy atom. The summed E-state index contributed by atoms with van der Waals surface area (Å²) in [6.07, 6.45) is -0.188. The first-order valence-electron chi connectivity index (χ1n) is 8.96. The van der Waals surface area contributed by atoms with Gasteiger partial charge in [0, 0.05) is 20.1 Å². The molecule has 3 aromatic rings. The van der Waals surface area contributed by atoms with Gasteiger partial charge >= 0.3 is 0 Å². The number of para-hydroxylation sites is 1. The van der Waals surface area contributed by atoms with Crippen LogP contribution in [0.5, 0.6) is 5.75 Å². The second-order valence-electron chi connectivity index (χ2n) is 6.25. The van der Waals surface area contributed by atoms with Gasteiger partial charge in [0.25, 0.3) is 0 Å². The molecule has 0 unspecified atom stereocenters. The van der Waals surface area contributed by atoms with Gasteiger partial charge in [0.2, 0.25) is 5.91 Å². The molecule has 1 amide bonds. The Balaban J connectivity index is 1.79. The highest BCUT2D eigenvalue weighted by molar-refractivity contribution is 7.91. The van der Waals surface area contributed by atoms with Crippen LogP contribution in [0.25, 0.3) is 10.2 Å². The van der Waals surface area contributed by atoms with Crippen LogP contribution in [0.15, 0.2) is 58.4 Å². The number of methoxy groups -OCH3 is 2. The van der Waals surface area contributed by atoms with Gasteiger partial charge in [-0.25, -0.2) is 8.42 Å². The van der Waals surface area contributed by atoms with E-state index in [4.69, 9.17) is 9.47 Å². The van der Waals surface area contributed by atoms with Gasteiger partial charge in [0.15, 0.2) is 14.6 Å². The van der Waals surface area contributed by atoms with E-state index in [-0.39, 0.29) is 17.1 Å². The molecule has 0 radical (unpaired) electrons. The van der Waals surface area contributed by atoms with Crippen molar-refractivity contribution in [2.45, 2.75) is 17.9 Å². The minimum atomic E-state index is -3.58. The monoisotopic (exact) mass is 434 g/mol. The Labute approximate surface area is 173 Å². The number of thiazole rings is 1. The molecule has 0 aliphatic heterocycles. The zero-order valence-electron chi connectivity index (χ0n) is 16.2. The van der Waals surface area contributed by atoms with Gasteiger partial charge in [0.1, 0.15) is 5.75 Å². The number of carbonyl (C=O) groups is 1. The maximum atomic E-state index is 12.5. The summed E-state index contributed by atoms with van der Waals surface area (Å²) in [5, 5.41) is 0. The third-order valence-electron chi connectivity index (χ3n) is 4.33. The standard InChI is InChI=1S/C20H22N2O5S2/c1-26-13-12-22-17-5-3-4-6-18(17)28-20(22)21-19(23)11-14-29(24,25)16-9-7-15(27-2)8-10-16/h3-10H,11-14H2,1-2H3. The summed E-state index contributed by atoms with van der Waals surface area (Å²) >= 11 is 1.39. The van der Waals surface area contributed by atoms with E-state index >= 15 is 0 Å². The summed E-state index contributed by atoms with van der Waals surface area (Å²) in [6, 6.07) is 13.9. The number of aromatic nitrogens is 1. The minimum absolute atomic E-state index is 0.156. The van der Waals surface area contributed by atoms with E-state index in [0.29, 0.717) is 23.7 Å². The Hall–Kier alpha value is -2.49. The van der Waals surface area contributed by atoms with E-state index in [1.165, 1.54) is 30.6 Å². The maximum absolute atomic E-state index is 12.5. The van der Waals surface area contributed by atoms with Crippen molar-refractivity contribution in [1.29, 1.82) is 0 Å². The largest absolute Gasteiger partial charge is 0.497 e. The normalized spacial score (nSPS) is 12.4. The molecule has 0 saturated heterocycles. The smallest absolute Gasteiger partial charge is 0.249 e. The van der Waals surface area contributed by atoms with Crippen molar-refractivity contribution in [3.05, 3.63) is 53.3 Å². The van der Waals surface area contributed by atoms with Crippen molar-refractivity contribution in [3.8, 4) is 5.75 Å². The number of benzene rings is 2. The van der Waals surface area contributed by atoms with Crippen LogP contribution in [0, 0.1) is 0 Å². The summed E-state index contributed by atoms with van der Waals surface area (Å²) in [4.78, 5) is 17.3. The van der Waals surface area contributed by atoms with Gasteiger partial charge in [-0.15, -0.1) is 0 Å². The molecular formula is C20H22N2O5S2. The Kier molecular flexibility index (Phi) is 6.83. The van der Waals surface area contributed by atoms with Gasteiger partial charge in [-0.05, 0) is 36.4 Å². The molecule has 7 nitrogen and oxygen atoms in total. The van der Waals surface area contributed by atoms with Gasteiger partial charge in [-0.1, -0.05) is 23.5 Å². The molecule has 154 valence electrons. The number of amides is 1. The SMILES string of the molecule is COCCn1c(=NC(=O)CCS(=O)(=O)c2ccc(OC)cc2)sc2ccccc21. The highest BCUT2D eigenvalue weighted by atomic mass is 32.2. The van der Waals surface area contributed by atoms with Gasteiger partial charge < -0.3 is 14.0 Å². The lowest BCUT2D eigenvalue weighted by Crippen LogP contribution is -2.20. The van der Waals surface area contributed by atoms with Gasteiger partial charge in [-0.2, -0.15) is 4.99 Å². The fraction of sp³-hybridized carbons (Fsp3) is 0.300. The summed E-state index contributed by atoms with van der Waals surface area (Å²) in [7, 11) is -0.459. The molecule has 0 fully saturated rings. The number of hydrogen-bond acceptors (Lipinski definition) is 6. The first kappa shape index (κ1) is 21.2. The summed E-state index contributed by atoms with van der Waals surface area (Å²) in [5.41, 5.74) is 0.965. The van der Waals surface area contributed by atoms with E-state index in [0.717, 1.165) is 10.2 Å². The molecule has 9 heteroatoms. The third-order valence-corrected chi connectivity index (χ3v) is 7.12. The molecule has 1 aromatic heterocycles. The second kappa shape index (κ2) is 9.34. The van der Waals surface area contributed by atoms with E-state index in [1.807, 2.05) is 28.8 Å². The first-order valence-corrected chi connectivity index (χ1v) is 11.4. The van der Waals surface area contributed by atoms with Crippen LogP contribution in [0.4, 0.5) is 0 Å². The van der Waals surface area contributed by atoms with E-state index in [2.05, 4.69) is 4.99 Å². The zero-order valence-corrected chi connectivity index (χ0v) is 17.8. The number of carbonyl (C=O) groups excluding carboxylic acids is 1. The van der Waals surface area contributed by atoms with Crippen molar-refractivity contribution in [2.75, 3.05) is 26.6 Å². The van der Waals surface area contributed by atoms with Crippen LogP contribution in [0.1, 0.15) is 6.42 Å². The highest BCUT2D eigenvalue weighted by Crippen LogP contribution is 2.18. The minimum Gasteiger partial charge on any atom is -0.497 e. The topological polar surface area (TPSA) is 87.0 Å². The maximum Gasteiger partial charge on any atom is 0.249 e. The Morgan fingerprint density at radius 1 is 1.10 bits per heavy atom. The van der Waals surface area contributed by atoms with Crippen molar-refractivity contribution in [3.63, 3.8) is 0 Å². The van der Waals surface area contributed by atoms with Gasteiger partial charge in [0.05, 0.1) is 34.6 Å². The van der Waals surface area contributed by atoms with Crippen LogP contribution >= 0.6 is 11.3 Å². The average molecular weight is 435 g/mol. The molecule has 0 atom stereocenters. The third kappa shape index (κ3) is 5.11. The average Bonchev–Trinajstić information content (AvgIpc) is 3.07. The molecule has 0 N–H and O–H groups in total. The molecule has 0 spiro atoms. The molecule has 1 heterocycles. The summed E-state index contributed by atoms with van der Waals surface area (Å²) in [5.74, 6) is -0.204. The molecule has 0 aliphatic carbocycles. The lowest BCUT2D eigenvalue weighted by Gasteiger charge is -2.05. The van der Waals surface area contributed by atoms with Crippen molar-refractivity contribution in [2.24, 2.45) is 4.99 Å². The Bertz CT molecular complexity index is 1160. The van der Waals surface area contributed by atoms with Gasteiger partial charge in [-0.3, -0.25) is 4.79 Å². The molecule has 0 aliphatic rings.